The fourth-order valence-corrected chi connectivity index (χ4v) is 6.72. The number of benzene rings is 1. The van der Waals surface area contributed by atoms with E-state index in [-0.39, 0.29) is 5.56 Å². The number of allylic oxidation sites excluding steroid dienone is 2. The molecule has 1 unspecified atom stereocenters. The lowest BCUT2D eigenvalue weighted by molar-refractivity contribution is 0.689. The van der Waals surface area contributed by atoms with Gasteiger partial charge < -0.3 is 16.0 Å². The first-order valence-electron chi connectivity index (χ1n) is 14.5. The van der Waals surface area contributed by atoms with Crippen LogP contribution in [0.15, 0.2) is 84.3 Å². The second kappa shape index (κ2) is 12.3. The van der Waals surface area contributed by atoms with E-state index >= 15 is 0 Å². The van der Waals surface area contributed by atoms with Crippen molar-refractivity contribution in [2.24, 2.45) is 0 Å². The standard InChI is InChI=1S/C32H31N9OS/c42-31-28(38-26-6-3-11-33-17-26)14-23-15-35-32(39-25-9-7-22(8-10-25)29-19-34-12-13-43-29)40-30(23)41(31)20-24-16-36-37-18-27(24)21-4-1-2-5-21/h3-4,6-11,14-18,29,34,38H,1-2,5,12-13,19-20H2,(H,35,39,40). The molecule has 2 aliphatic rings. The Morgan fingerprint density at radius 1 is 1.02 bits per heavy atom. The van der Waals surface area contributed by atoms with Gasteiger partial charge in [0.1, 0.15) is 11.3 Å². The summed E-state index contributed by atoms with van der Waals surface area (Å²) in [6, 6.07) is 13.9. The highest BCUT2D eigenvalue weighted by atomic mass is 32.2. The van der Waals surface area contributed by atoms with Crippen molar-refractivity contribution >= 4 is 51.4 Å². The smallest absolute Gasteiger partial charge is 0.276 e. The summed E-state index contributed by atoms with van der Waals surface area (Å²) in [6.07, 6.45) is 14.1. The summed E-state index contributed by atoms with van der Waals surface area (Å²) in [7, 11) is 0. The van der Waals surface area contributed by atoms with Crippen molar-refractivity contribution in [1.29, 1.82) is 0 Å². The Bertz CT molecular complexity index is 1830. The van der Waals surface area contributed by atoms with Gasteiger partial charge in [-0.1, -0.05) is 18.2 Å². The highest BCUT2D eigenvalue weighted by Gasteiger charge is 2.18. The minimum atomic E-state index is -0.202. The Morgan fingerprint density at radius 2 is 1.93 bits per heavy atom. The lowest BCUT2D eigenvalue weighted by Crippen LogP contribution is -2.28. The first-order valence-corrected chi connectivity index (χ1v) is 15.5. The Balaban J connectivity index is 1.26. The van der Waals surface area contributed by atoms with E-state index in [2.05, 4.69) is 66.5 Å². The Hall–Kier alpha value is -4.61. The molecule has 11 heteroatoms. The van der Waals surface area contributed by atoms with Gasteiger partial charge in [-0.25, -0.2) is 4.98 Å². The van der Waals surface area contributed by atoms with Crippen LogP contribution in [-0.4, -0.2) is 48.6 Å². The molecule has 5 aromatic rings. The van der Waals surface area contributed by atoms with Crippen LogP contribution in [0.2, 0.25) is 0 Å². The molecule has 0 saturated carbocycles. The quantitative estimate of drug-likeness (QED) is 0.215. The molecular formula is C32H31N9OS. The number of anilines is 4. The van der Waals surface area contributed by atoms with Crippen molar-refractivity contribution in [3.05, 3.63) is 107 Å². The average molecular weight is 590 g/mol. The van der Waals surface area contributed by atoms with Crippen LogP contribution in [0.4, 0.5) is 23.0 Å². The lowest BCUT2D eigenvalue weighted by Gasteiger charge is -2.22. The normalized spacial score (nSPS) is 16.7. The molecular weight excluding hydrogens is 558 g/mol. The van der Waals surface area contributed by atoms with Gasteiger partial charge in [0.05, 0.1) is 30.8 Å². The summed E-state index contributed by atoms with van der Waals surface area (Å²) in [5.74, 6) is 1.53. The molecule has 1 aromatic carbocycles. The summed E-state index contributed by atoms with van der Waals surface area (Å²) in [4.78, 5) is 27.6. The maximum Gasteiger partial charge on any atom is 0.276 e. The zero-order valence-electron chi connectivity index (χ0n) is 23.5. The van der Waals surface area contributed by atoms with Gasteiger partial charge >= 0.3 is 0 Å². The second-order valence-electron chi connectivity index (χ2n) is 10.6. The number of nitrogens with one attached hydrogen (secondary N) is 3. The van der Waals surface area contributed by atoms with E-state index in [1.807, 2.05) is 23.9 Å². The van der Waals surface area contributed by atoms with Gasteiger partial charge in [0.2, 0.25) is 5.95 Å². The van der Waals surface area contributed by atoms with Crippen LogP contribution in [0.3, 0.4) is 0 Å². The number of nitrogens with zero attached hydrogens (tertiary/aromatic N) is 6. The van der Waals surface area contributed by atoms with Crippen molar-refractivity contribution in [2.45, 2.75) is 31.1 Å². The molecule has 3 N–H and O–H groups in total. The van der Waals surface area contributed by atoms with E-state index in [4.69, 9.17) is 4.98 Å². The Labute approximate surface area is 253 Å². The van der Waals surface area contributed by atoms with Gasteiger partial charge in [-0.2, -0.15) is 26.9 Å². The molecule has 0 spiro atoms. The van der Waals surface area contributed by atoms with Crippen LogP contribution >= 0.6 is 11.8 Å². The number of rotatable bonds is 8. The molecule has 4 aromatic heterocycles. The molecule has 7 rings (SSSR count). The van der Waals surface area contributed by atoms with Crippen LogP contribution in [-0.2, 0) is 6.54 Å². The number of thioether (sulfide) groups is 1. The topological polar surface area (TPSA) is 123 Å². The Morgan fingerprint density at radius 3 is 2.72 bits per heavy atom. The van der Waals surface area contributed by atoms with Crippen molar-refractivity contribution in [2.75, 3.05) is 29.5 Å². The predicted molar refractivity (Wildman–Crippen MR) is 172 cm³/mol. The third-order valence-corrected chi connectivity index (χ3v) is 9.04. The van der Waals surface area contributed by atoms with E-state index in [1.54, 1.807) is 41.6 Å². The van der Waals surface area contributed by atoms with Gasteiger partial charge in [-0.05, 0) is 60.7 Å². The van der Waals surface area contributed by atoms with E-state index in [0.29, 0.717) is 29.1 Å². The van der Waals surface area contributed by atoms with Gasteiger partial charge in [0, 0.05) is 58.7 Å². The monoisotopic (exact) mass is 589 g/mol. The molecule has 10 nitrogen and oxygen atoms in total. The van der Waals surface area contributed by atoms with Crippen molar-refractivity contribution in [3.63, 3.8) is 0 Å². The van der Waals surface area contributed by atoms with Crippen molar-refractivity contribution in [1.82, 2.24) is 35.0 Å². The van der Waals surface area contributed by atoms with Crippen LogP contribution in [0.5, 0.6) is 0 Å². The maximum atomic E-state index is 14.0. The molecule has 1 fully saturated rings. The van der Waals surface area contributed by atoms with Crippen molar-refractivity contribution in [3.8, 4) is 0 Å². The molecule has 1 aliphatic heterocycles. The number of fused-ring (bicyclic) bond motifs is 1. The first kappa shape index (κ1) is 27.2. The van der Waals surface area contributed by atoms with Crippen LogP contribution in [0, 0.1) is 0 Å². The van der Waals surface area contributed by atoms with Crippen LogP contribution in [0.1, 0.15) is 41.2 Å². The average Bonchev–Trinajstić information content (AvgIpc) is 3.60. The fraction of sp³-hybridized carbons (Fsp3) is 0.250. The first-order chi connectivity index (χ1) is 21.2. The summed E-state index contributed by atoms with van der Waals surface area (Å²) in [5, 5.41) is 19.5. The summed E-state index contributed by atoms with van der Waals surface area (Å²) in [5.41, 5.74) is 6.83. The fourth-order valence-electron chi connectivity index (χ4n) is 5.58. The van der Waals surface area contributed by atoms with E-state index in [9.17, 15) is 4.79 Å². The number of hydrogen-bond donors (Lipinski definition) is 3. The molecule has 0 bridgehead atoms. The van der Waals surface area contributed by atoms with E-state index in [1.165, 1.54) is 11.1 Å². The molecule has 1 saturated heterocycles. The number of pyridine rings is 2. The summed E-state index contributed by atoms with van der Waals surface area (Å²) >= 11 is 1.98. The van der Waals surface area contributed by atoms with Crippen LogP contribution < -0.4 is 21.5 Å². The van der Waals surface area contributed by atoms with E-state index < -0.39 is 0 Å². The molecule has 0 amide bonds. The highest BCUT2D eigenvalue weighted by Crippen LogP contribution is 2.32. The highest BCUT2D eigenvalue weighted by molar-refractivity contribution is 7.99. The lowest BCUT2D eigenvalue weighted by atomic mass is 10.0. The molecule has 0 radical (unpaired) electrons. The zero-order chi connectivity index (χ0) is 29.0. The van der Waals surface area contributed by atoms with Gasteiger partial charge in [-0.3, -0.25) is 14.3 Å². The zero-order valence-corrected chi connectivity index (χ0v) is 24.3. The van der Waals surface area contributed by atoms with Crippen molar-refractivity contribution < 1.29 is 0 Å². The summed E-state index contributed by atoms with van der Waals surface area (Å²) < 4.78 is 1.69. The molecule has 1 atom stereocenters. The number of hydrogen-bond acceptors (Lipinski definition) is 10. The SMILES string of the molecule is O=c1c(Nc2cccnc2)cc2cnc(Nc3ccc(C4CNCCS4)cc3)nc2n1Cc1cnncc1C1=CCCC1. The second-order valence-corrected chi connectivity index (χ2v) is 12.0. The van der Waals surface area contributed by atoms with Gasteiger partial charge in [0.25, 0.3) is 5.56 Å². The maximum absolute atomic E-state index is 14.0. The third-order valence-electron chi connectivity index (χ3n) is 7.76. The van der Waals surface area contributed by atoms with E-state index in [0.717, 1.165) is 66.0 Å². The third kappa shape index (κ3) is 5.99. The molecule has 43 heavy (non-hydrogen) atoms. The molecule has 216 valence electrons. The minimum Gasteiger partial charge on any atom is -0.350 e. The largest absolute Gasteiger partial charge is 0.350 e. The predicted octanol–water partition coefficient (Wildman–Crippen LogP) is 5.46. The summed E-state index contributed by atoms with van der Waals surface area (Å²) in [6.45, 7) is 2.33. The van der Waals surface area contributed by atoms with Gasteiger partial charge in [-0.15, -0.1) is 0 Å². The molecule has 1 aliphatic carbocycles. The number of aromatic nitrogens is 6. The van der Waals surface area contributed by atoms with Crippen LogP contribution in [0.25, 0.3) is 16.6 Å². The Kier molecular flexibility index (Phi) is 7.80. The van der Waals surface area contributed by atoms with Gasteiger partial charge in [0.15, 0.2) is 0 Å². The minimum absolute atomic E-state index is 0.202. The molecule has 5 heterocycles.